The zero-order chi connectivity index (χ0) is 14.4. The van der Waals surface area contributed by atoms with Gasteiger partial charge in [-0.05, 0) is 23.8 Å². The number of carbonyl (C=O) groups excluding carboxylic acids is 1. The van der Waals surface area contributed by atoms with E-state index in [-0.39, 0.29) is 12.5 Å². The molecule has 20 heavy (non-hydrogen) atoms. The molecular formula is C16H16ClNO2. The molecule has 0 radical (unpaired) electrons. The summed E-state index contributed by atoms with van der Waals surface area (Å²) < 4.78 is 0. The summed E-state index contributed by atoms with van der Waals surface area (Å²) in [5, 5.41) is 13.1. The highest BCUT2D eigenvalue weighted by atomic mass is 35.5. The van der Waals surface area contributed by atoms with Crippen molar-refractivity contribution >= 4 is 17.5 Å². The van der Waals surface area contributed by atoms with Crippen LogP contribution in [-0.4, -0.2) is 23.7 Å². The molecule has 0 saturated carbocycles. The van der Waals surface area contributed by atoms with Gasteiger partial charge in [-0.2, -0.15) is 0 Å². The summed E-state index contributed by atoms with van der Waals surface area (Å²) in [6.45, 7) is 0.209. The zero-order valence-electron chi connectivity index (χ0n) is 10.9. The van der Waals surface area contributed by atoms with Crippen LogP contribution in [-0.2, 0) is 6.42 Å². The number of carbonyl (C=O) groups is 1. The van der Waals surface area contributed by atoms with Crippen molar-refractivity contribution in [2.24, 2.45) is 0 Å². The maximum atomic E-state index is 11.9. The van der Waals surface area contributed by atoms with Crippen LogP contribution in [0, 0.1) is 0 Å². The minimum absolute atomic E-state index is 0.209. The second-order valence-electron chi connectivity index (χ2n) is 4.56. The molecule has 2 N–H and O–H groups in total. The smallest absolute Gasteiger partial charge is 0.251 e. The van der Waals surface area contributed by atoms with Crippen LogP contribution in [0.3, 0.4) is 0 Å². The van der Waals surface area contributed by atoms with E-state index >= 15 is 0 Å². The zero-order valence-corrected chi connectivity index (χ0v) is 11.7. The summed E-state index contributed by atoms with van der Waals surface area (Å²) in [5.41, 5.74) is 1.53. The molecule has 1 amide bonds. The van der Waals surface area contributed by atoms with E-state index in [2.05, 4.69) is 5.32 Å². The fourth-order valence-electron chi connectivity index (χ4n) is 1.90. The summed E-state index contributed by atoms with van der Waals surface area (Å²) in [6.07, 6.45) is -0.100. The van der Waals surface area contributed by atoms with Gasteiger partial charge < -0.3 is 10.4 Å². The first-order valence-corrected chi connectivity index (χ1v) is 6.78. The molecule has 0 fully saturated rings. The van der Waals surface area contributed by atoms with Gasteiger partial charge in [-0.25, -0.2) is 0 Å². The van der Waals surface area contributed by atoms with Crippen molar-refractivity contribution in [2.45, 2.75) is 12.5 Å². The molecule has 0 unspecified atom stereocenters. The second-order valence-corrected chi connectivity index (χ2v) is 5.00. The Bertz CT molecular complexity index is 572. The summed E-state index contributed by atoms with van der Waals surface area (Å²) in [7, 11) is 0. The molecular weight excluding hydrogens is 274 g/mol. The molecule has 2 aromatic carbocycles. The Morgan fingerprint density at radius 2 is 1.90 bits per heavy atom. The molecule has 0 spiro atoms. The molecule has 0 aromatic heterocycles. The van der Waals surface area contributed by atoms with Crippen molar-refractivity contribution in [2.75, 3.05) is 6.54 Å². The van der Waals surface area contributed by atoms with Gasteiger partial charge in [0.25, 0.3) is 5.91 Å². The fourth-order valence-corrected chi connectivity index (χ4v) is 2.09. The normalized spacial score (nSPS) is 11.9. The Kier molecular flexibility index (Phi) is 5.16. The SMILES string of the molecule is O=C(NC[C@H](O)Cc1ccccc1)c1cccc(Cl)c1. The number of aliphatic hydroxyl groups excluding tert-OH is 1. The Hall–Kier alpha value is -1.84. The van der Waals surface area contributed by atoms with Gasteiger partial charge in [0.15, 0.2) is 0 Å². The first kappa shape index (κ1) is 14.6. The van der Waals surface area contributed by atoms with E-state index in [1.165, 1.54) is 0 Å². The van der Waals surface area contributed by atoms with Crippen molar-refractivity contribution in [3.63, 3.8) is 0 Å². The Labute approximate surface area is 123 Å². The van der Waals surface area contributed by atoms with Crippen LogP contribution >= 0.6 is 11.6 Å². The Morgan fingerprint density at radius 1 is 1.15 bits per heavy atom. The number of hydrogen-bond acceptors (Lipinski definition) is 2. The molecule has 0 heterocycles. The van der Waals surface area contributed by atoms with Crippen molar-refractivity contribution in [3.8, 4) is 0 Å². The lowest BCUT2D eigenvalue weighted by Crippen LogP contribution is -2.33. The average Bonchev–Trinajstić information content (AvgIpc) is 2.46. The number of halogens is 1. The topological polar surface area (TPSA) is 49.3 Å². The van der Waals surface area contributed by atoms with E-state index in [9.17, 15) is 9.90 Å². The summed E-state index contributed by atoms with van der Waals surface area (Å²) >= 11 is 5.83. The quantitative estimate of drug-likeness (QED) is 0.889. The molecule has 1 atom stereocenters. The third-order valence-corrected chi connectivity index (χ3v) is 3.13. The molecule has 2 aromatic rings. The van der Waals surface area contributed by atoms with E-state index in [1.54, 1.807) is 24.3 Å². The predicted octanol–water partition coefficient (Wildman–Crippen LogP) is 2.67. The molecule has 0 saturated heterocycles. The van der Waals surface area contributed by atoms with Crippen LogP contribution < -0.4 is 5.32 Å². The maximum Gasteiger partial charge on any atom is 0.251 e. The second kappa shape index (κ2) is 7.08. The van der Waals surface area contributed by atoms with E-state index < -0.39 is 6.10 Å². The first-order valence-electron chi connectivity index (χ1n) is 6.41. The van der Waals surface area contributed by atoms with Crippen LogP contribution in [0.5, 0.6) is 0 Å². The predicted molar refractivity (Wildman–Crippen MR) is 79.9 cm³/mol. The van der Waals surface area contributed by atoms with Gasteiger partial charge in [0, 0.05) is 23.6 Å². The minimum Gasteiger partial charge on any atom is -0.391 e. The summed E-state index contributed by atoms with van der Waals surface area (Å²) in [5.74, 6) is -0.236. The van der Waals surface area contributed by atoms with Crippen molar-refractivity contribution in [3.05, 3.63) is 70.7 Å². The van der Waals surface area contributed by atoms with Crippen molar-refractivity contribution < 1.29 is 9.90 Å². The number of amides is 1. The van der Waals surface area contributed by atoms with Crippen LogP contribution in [0.15, 0.2) is 54.6 Å². The lowest BCUT2D eigenvalue weighted by molar-refractivity contribution is 0.0916. The molecule has 3 nitrogen and oxygen atoms in total. The van der Waals surface area contributed by atoms with Crippen LogP contribution in [0.4, 0.5) is 0 Å². The molecule has 0 aliphatic heterocycles. The Balaban J connectivity index is 1.84. The van der Waals surface area contributed by atoms with Gasteiger partial charge in [0.05, 0.1) is 6.10 Å². The largest absolute Gasteiger partial charge is 0.391 e. The fraction of sp³-hybridized carbons (Fsp3) is 0.188. The van der Waals surface area contributed by atoms with Gasteiger partial charge in [-0.1, -0.05) is 48.0 Å². The third-order valence-electron chi connectivity index (χ3n) is 2.90. The Morgan fingerprint density at radius 3 is 2.60 bits per heavy atom. The lowest BCUT2D eigenvalue weighted by Gasteiger charge is -2.12. The number of benzene rings is 2. The molecule has 0 aliphatic rings. The first-order chi connectivity index (χ1) is 9.65. The monoisotopic (exact) mass is 289 g/mol. The van der Waals surface area contributed by atoms with E-state index in [1.807, 2.05) is 30.3 Å². The van der Waals surface area contributed by atoms with Crippen LogP contribution in [0.25, 0.3) is 0 Å². The van der Waals surface area contributed by atoms with Gasteiger partial charge in [-0.3, -0.25) is 4.79 Å². The average molecular weight is 290 g/mol. The minimum atomic E-state index is -0.611. The highest BCUT2D eigenvalue weighted by molar-refractivity contribution is 6.30. The van der Waals surface area contributed by atoms with Crippen molar-refractivity contribution in [1.82, 2.24) is 5.32 Å². The number of nitrogens with one attached hydrogen (secondary N) is 1. The van der Waals surface area contributed by atoms with E-state index in [0.717, 1.165) is 5.56 Å². The number of rotatable bonds is 5. The van der Waals surface area contributed by atoms with Gasteiger partial charge >= 0.3 is 0 Å². The summed E-state index contributed by atoms with van der Waals surface area (Å²) in [4.78, 5) is 11.9. The lowest BCUT2D eigenvalue weighted by atomic mass is 10.1. The standard InChI is InChI=1S/C16H16ClNO2/c17-14-8-4-7-13(10-14)16(20)18-11-15(19)9-12-5-2-1-3-6-12/h1-8,10,15,19H,9,11H2,(H,18,20)/t15-/m1/s1. The van der Waals surface area contributed by atoms with E-state index in [0.29, 0.717) is 17.0 Å². The molecule has 104 valence electrons. The molecule has 2 rings (SSSR count). The highest BCUT2D eigenvalue weighted by Gasteiger charge is 2.09. The molecule has 4 heteroatoms. The van der Waals surface area contributed by atoms with E-state index in [4.69, 9.17) is 11.6 Å². The highest BCUT2D eigenvalue weighted by Crippen LogP contribution is 2.10. The molecule has 0 bridgehead atoms. The van der Waals surface area contributed by atoms with Gasteiger partial charge in [0.1, 0.15) is 0 Å². The number of hydrogen-bond donors (Lipinski definition) is 2. The van der Waals surface area contributed by atoms with Crippen molar-refractivity contribution in [1.29, 1.82) is 0 Å². The van der Waals surface area contributed by atoms with Gasteiger partial charge in [-0.15, -0.1) is 0 Å². The van der Waals surface area contributed by atoms with Crippen LogP contribution in [0.1, 0.15) is 15.9 Å². The third kappa shape index (κ3) is 4.37. The maximum absolute atomic E-state index is 11.9. The number of aliphatic hydroxyl groups is 1. The molecule has 0 aliphatic carbocycles. The van der Waals surface area contributed by atoms with Gasteiger partial charge in [0.2, 0.25) is 0 Å². The van der Waals surface area contributed by atoms with Crippen LogP contribution in [0.2, 0.25) is 5.02 Å². The summed E-state index contributed by atoms with van der Waals surface area (Å²) in [6, 6.07) is 16.4.